The van der Waals surface area contributed by atoms with Crippen LogP contribution in [0.2, 0.25) is 0 Å². The summed E-state index contributed by atoms with van der Waals surface area (Å²) in [6, 6.07) is 3.54. The molecule has 0 spiro atoms. The second kappa shape index (κ2) is 6.91. The number of nitrogens with one attached hydrogen (secondary N) is 1. The quantitative estimate of drug-likeness (QED) is 0.811. The summed E-state index contributed by atoms with van der Waals surface area (Å²) < 4.78 is 0. The van der Waals surface area contributed by atoms with Crippen LogP contribution in [-0.4, -0.2) is 22.6 Å². The van der Waals surface area contributed by atoms with Gasteiger partial charge in [-0.1, -0.05) is 18.3 Å². The van der Waals surface area contributed by atoms with E-state index in [9.17, 15) is 4.79 Å². The van der Waals surface area contributed by atoms with Gasteiger partial charge in [0.15, 0.2) is 0 Å². The van der Waals surface area contributed by atoms with E-state index in [1.807, 2.05) is 0 Å². The first-order valence-corrected chi connectivity index (χ1v) is 6.63. The summed E-state index contributed by atoms with van der Waals surface area (Å²) in [5.74, 6) is 6.88. The van der Waals surface area contributed by atoms with Crippen molar-refractivity contribution < 1.29 is 9.90 Å². The topological polar surface area (TPSA) is 62.2 Å². The van der Waals surface area contributed by atoms with E-state index in [-0.39, 0.29) is 12.5 Å². The summed E-state index contributed by atoms with van der Waals surface area (Å²) in [7, 11) is 0. The third-order valence-corrected chi connectivity index (χ3v) is 3.20. The molecule has 1 aromatic rings. The molecule has 4 heteroatoms. The molecule has 0 bridgehead atoms. The Hall–Kier alpha value is -1.86. The molecule has 1 aromatic heterocycles. The predicted octanol–water partition coefficient (Wildman–Crippen LogP) is 1.94. The number of hydrogen-bond acceptors (Lipinski definition) is 3. The van der Waals surface area contributed by atoms with Gasteiger partial charge in [0.25, 0.3) is 0 Å². The lowest BCUT2D eigenvalue weighted by atomic mass is 9.83. The molecule has 100 valence electrons. The van der Waals surface area contributed by atoms with Crippen LogP contribution in [0.1, 0.15) is 37.7 Å². The number of aliphatic hydroxyl groups is 1. The fraction of sp³-hybridized carbons (Fsp3) is 0.467. The molecule has 0 aliphatic heterocycles. The molecule has 2 rings (SSSR count). The standard InChI is InChI=1S/C15H18N2O2/c18-9-2-1-4-13-7-8-16-14(10-13)17-15(19)11-12-5-3-6-12/h7-8,10,12,18H,2-3,5-6,9,11H2,(H,16,17,19). The largest absolute Gasteiger partial charge is 0.395 e. The number of carbonyl (C=O) groups excluding carboxylic acids is 1. The Bertz CT molecular complexity index is 498. The van der Waals surface area contributed by atoms with Crippen molar-refractivity contribution in [1.82, 2.24) is 4.98 Å². The number of amides is 1. The molecule has 1 saturated carbocycles. The van der Waals surface area contributed by atoms with Gasteiger partial charge in [0.1, 0.15) is 5.82 Å². The third-order valence-electron chi connectivity index (χ3n) is 3.20. The molecule has 1 fully saturated rings. The smallest absolute Gasteiger partial charge is 0.225 e. The van der Waals surface area contributed by atoms with Gasteiger partial charge < -0.3 is 10.4 Å². The molecule has 0 aromatic carbocycles. The van der Waals surface area contributed by atoms with Gasteiger partial charge in [-0.3, -0.25) is 4.79 Å². The summed E-state index contributed by atoms with van der Waals surface area (Å²) in [6.45, 7) is 0.0586. The minimum absolute atomic E-state index is 0.0256. The van der Waals surface area contributed by atoms with Crippen LogP contribution in [-0.2, 0) is 4.79 Å². The molecule has 19 heavy (non-hydrogen) atoms. The summed E-state index contributed by atoms with van der Waals surface area (Å²) in [5, 5.41) is 11.5. The van der Waals surface area contributed by atoms with Crippen LogP contribution in [0.3, 0.4) is 0 Å². The number of hydrogen-bond donors (Lipinski definition) is 2. The molecule has 0 radical (unpaired) electrons. The first kappa shape index (κ1) is 13.6. The first-order chi connectivity index (χ1) is 9.28. The van der Waals surface area contributed by atoms with Crippen LogP contribution in [0.15, 0.2) is 18.3 Å². The van der Waals surface area contributed by atoms with Crippen molar-refractivity contribution in [2.45, 2.75) is 32.1 Å². The minimum atomic E-state index is 0.0256. The zero-order valence-corrected chi connectivity index (χ0v) is 10.9. The lowest BCUT2D eigenvalue weighted by molar-refractivity contribution is -0.117. The fourth-order valence-electron chi connectivity index (χ4n) is 1.95. The zero-order chi connectivity index (χ0) is 13.5. The maximum absolute atomic E-state index is 11.8. The van der Waals surface area contributed by atoms with Crippen LogP contribution in [0, 0.1) is 17.8 Å². The van der Waals surface area contributed by atoms with Crippen molar-refractivity contribution in [3.05, 3.63) is 23.9 Å². The van der Waals surface area contributed by atoms with Crippen LogP contribution < -0.4 is 5.32 Å². The highest BCUT2D eigenvalue weighted by atomic mass is 16.2. The van der Waals surface area contributed by atoms with Gasteiger partial charge in [-0.25, -0.2) is 4.98 Å². The van der Waals surface area contributed by atoms with E-state index in [0.717, 1.165) is 18.4 Å². The van der Waals surface area contributed by atoms with Gasteiger partial charge >= 0.3 is 0 Å². The van der Waals surface area contributed by atoms with E-state index in [2.05, 4.69) is 22.1 Å². The highest BCUT2D eigenvalue weighted by Gasteiger charge is 2.20. The van der Waals surface area contributed by atoms with Crippen LogP contribution in [0.4, 0.5) is 5.82 Å². The Labute approximate surface area is 113 Å². The number of carbonyl (C=O) groups is 1. The molecule has 4 nitrogen and oxygen atoms in total. The number of anilines is 1. The number of rotatable bonds is 4. The second-order valence-corrected chi connectivity index (χ2v) is 4.75. The molecule has 0 atom stereocenters. The summed E-state index contributed by atoms with van der Waals surface area (Å²) in [4.78, 5) is 15.9. The van der Waals surface area contributed by atoms with Gasteiger partial charge in [0.2, 0.25) is 5.91 Å². The molecule has 1 amide bonds. The second-order valence-electron chi connectivity index (χ2n) is 4.75. The van der Waals surface area contributed by atoms with Crippen molar-refractivity contribution in [3.8, 4) is 11.8 Å². The Morgan fingerprint density at radius 3 is 3.05 bits per heavy atom. The Balaban J connectivity index is 1.91. The SMILES string of the molecule is O=C(CC1CCC1)Nc1cc(C#CCCO)ccn1. The Kier molecular flexibility index (Phi) is 4.93. The van der Waals surface area contributed by atoms with Gasteiger partial charge in [0.05, 0.1) is 6.61 Å². The Morgan fingerprint density at radius 2 is 2.37 bits per heavy atom. The van der Waals surface area contributed by atoms with Crippen LogP contribution >= 0.6 is 0 Å². The monoisotopic (exact) mass is 258 g/mol. The first-order valence-electron chi connectivity index (χ1n) is 6.63. The van der Waals surface area contributed by atoms with Crippen molar-refractivity contribution in [2.75, 3.05) is 11.9 Å². The van der Waals surface area contributed by atoms with Crippen molar-refractivity contribution in [1.29, 1.82) is 0 Å². The van der Waals surface area contributed by atoms with Crippen molar-refractivity contribution in [3.63, 3.8) is 0 Å². The predicted molar refractivity (Wildman–Crippen MR) is 73.4 cm³/mol. The molecule has 0 saturated heterocycles. The lowest BCUT2D eigenvalue weighted by Gasteiger charge is -2.24. The average Bonchev–Trinajstić information content (AvgIpc) is 2.35. The van der Waals surface area contributed by atoms with E-state index in [1.165, 1.54) is 6.42 Å². The number of aromatic nitrogens is 1. The molecule has 1 aliphatic rings. The van der Waals surface area contributed by atoms with Gasteiger partial charge in [0, 0.05) is 24.6 Å². The number of aliphatic hydroxyl groups excluding tert-OH is 1. The molecule has 0 unspecified atom stereocenters. The number of nitrogens with zero attached hydrogens (tertiary/aromatic N) is 1. The van der Waals surface area contributed by atoms with E-state index in [4.69, 9.17) is 5.11 Å². The average molecular weight is 258 g/mol. The maximum Gasteiger partial charge on any atom is 0.225 e. The van der Waals surface area contributed by atoms with E-state index >= 15 is 0 Å². The van der Waals surface area contributed by atoms with Gasteiger partial charge in [-0.05, 0) is 30.9 Å². The van der Waals surface area contributed by atoms with Crippen molar-refractivity contribution in [2.24, 2.45) is 5.92 Å². The summed E-state index contributed by atoms with van der Waals surface area (Å²) in [5.41, 5.74) is 0.794. The fourth-order valence-corrected chi connectivity index (χ4v) is 1.95. The Morgan fingerprint density at radius 1 is 1.53 bits per heavy atom. The van der Waals surface area contributed by atoms with Gasteiger partial charge in [-0.15, -0.1) is 0 Å². The zero-order valence-electron chi connectivity index (χ0n) is 10.9. The van der Waals surface area contributed by atoms with Crippen LogP contribution in [0.25, 0.3) is 0 Å². The van der Waals surface area contributed by atoms with Crippen molar-refractivity contribution >= 4 is 11.7 Å². The molecular formula is C15H18N2O2. The lowest BCUT2D eigenvalue weighted by Crippen LogP contribution is -2.21. The summed E-state index contributed by atoms with van der Waals surface area (Å²) in [6.07, 6.45) is 6.23. The molecular weight excluding hydrogens is 240 g/mol. The van der Waals surface area contributed by atoms with Gasteiger partial charge in [-0.2, -0.15) is 0 Å². The normalized spacial score (nSPS) is 14.2. The van der Waals surface area contributed by atoms with E-state index in [1.54, 1.807) is 18.3 Å². The summed E-state index contributed by atoms with van der Waals surface area (Å²) >= 11 is 0. The van der Waals surface area contributed by atoms with E-state index < -0.39 is 0 Å². The highest BCUT2D eigenvalue weighted by Crippen LogP contribution is 2.29. The van der Waals surface area contributed by atoms with E-state index in [0.29, 0.717) is 24.6 Å². The molecule has 1 aliphatic carbocycles. The third kappa shape index (κ3) is 4.38. The minimum Gasteiger partial charge on any atom is -0.395 e. The molecule has 1 heterocycles. The maximum atomic E-state index is 11.8. The van der Waals surface area contributed by atoms with Crippen LogP contribution in [0.5, 0.6) is 0 Å². The number of pyridine rings is 1. The molecule has 2 N–H and O–H groups in total. The highest BCUT2D eigenvalue weighted by molar-refractivity contribution is 5.90.